The van der Waals surface area contributed by atoms with E-state index in [4.69, 9.17) is 9.47 Å². The van der Waals surface area contributed by atoms with Crippen molar-refractivity contribution in [3.05, 3.63) is 71.4 Å². The van der Waals surface area contributed by atoms with E-state index in [-0.39, 0.29) is 24.4 Å². The van der Waals surface area contributed by atoms with Gasteiger partial charge in [0.1, 0.15) is 5.75 Å². The molecule has 2 atom stereocenters. The SMILES string of the molecule is COc1ccc(C(=O)COC(=O)[C@@H]2C=C3c4cccc5c4c(cn5C(C)C)C[C@H]3N(C)C2)cc1. The Morgan fingerprint density at radius 2 is 1.88 bits per heavy atom. The lowest BCUT2D eigenvalue weighted by atomic mass is 9.80. The second-order valence-electron chi connectivity index (χ2n) is 9.50. The smallest absolute Gasteiger partial charge is 0.314 e. The van der Waals surface area contributed by atoms with Crippen LogP contribution in [0, 0.1) is 5.92 Å². The number of aromatic nitrogens is 1. The van der Waals surface area contributed by atoms with Gasteiger partial charge in [-0.05, 0) is 74.3 Å². The highest BCUT2D eigenvalue weighted by molar-refractivity contribution is 6.00. The number of esters is 1. The molecule has 0 radical (unpaired) electrons. The highest BCUT2D eigenvalue weighted by atomic mass is 16.5. The van der Waals surface area contributed by atoms with Crippen molar-refractivity contribution in [3.8, 4) is 5.75 Å². The molecule has 2 aromatic carbocycles. The van der Waals surface area contributed by atoms with Crippen LogP contribution in [0.5, 0.6) is 5.75 Å². The lowest BCUT2D eigenvalue weighted by Crippen LogP contribution is -2.44. The number of fused-ring (bicyclic) bond motifs is 2. The molecule has 6 heteroatoms. The zero-order valence-electron chi connectivity index (χ0n) is 20.1. The molecule has 1 aliphatic carbocycles. The molecule has 0 saturated carbocycles. The lowest BCUT2D eigenvalue weighted by molar-refractivity contribution is -0.146. The van der Waals surface area contributed by atoms with Gasteiger partial charge in [0.15, 0.2) is 12.4 Å². The molecule has 1 aliphatic heterocycles. The van der Waals surface area contributed by atoms with Gasteiger partial charge in [0.05, 0.1) is 13.0 Å². The third kappa shape index (κ3) is 3.82. The number of hydrogen-bond donors (Lipinski definition) is 0. The number of benzene rings is 2. The number of hydrogen-bond acceptors (Lipinski definition) is 5. The number of methoxy groups -OCH3 is 1. The Morgan fingerprint density at radius 3 is 2.59 bits per heavy atom. The zero-order chi connectivity index (χ0) is 24.0. The molecule has 34 heavy (non-hydrogen) atoms. The number of likely N-dealkylation sites (N-methyl/N-ethyl adjacent to an activating group) is 1. The van der Waals surface area contributed by atoms with Gasteiger partial charge in [0.2, 0.25) is 0 Å². The number of carbonyl (C=O) groups excluding carboxylic acids is 2. The summed E-state index contributed by atoms with van der Waals surface area (Å²) >= 11 is 0. The number of rotatable bonds is 6. The van der Waals surface area contributed by atoms with E-state index in [2.05, 4.69) is 60.8 Å². The number of Topliss-reactive ketones (excluding diaryl/α,β-unsaturated/α-hetero) is 1. The monoisotopic (exact) mass is 458 g/mol. The summed E-state index contributed by atoms with van der Waals surface area (Å²) in [6, 6.07) is 13.8. The van der Waals surface area contributed by atoms with Crippen LogP contribution in [0.2, 0.25) is 0 Å². The first kappa shape index (κ1) is 22.4. The Balaban J connectivity index is 1.38. The standard InChI is InChI=1S/C28H30N2O4/c1-17(2)30-15-19-13-25-23(22-6-5-7-24(30)27(19)22)12-20(14-29(25)3)28(32)34-16-26(31)18-8-10-21(33-4)11-9-18/h5-12,15,17,20,25H,13-14,16H2,1-4H3/t20-,25-/m1/s1. The summed E-state index contributed by atoms with van der Waals surface area (Å²) in [6.45, 7) is 4.70. The van der Waals surface area contributed by atoms with Gasteiger partial charge in [-0.3, -0.25) is 14.5 Å². The molecule has 0 unspecified atom stereocenters. The molecule has 5 rings (SSSR count). The van der Waals surface area contributed by atoms with Crippen LogP contribution in [-0.4, -0.2) is 54.6 Å². The van der Waals surface area contributed by atoms with Crippen molar-refractivity contribution in [2.45, 2.75) is 32.4 Å². The second kappa shape index (κ2) is 8.76. The summed E-state index contributed by atoms with van der Waals surface area (Å²) in [7, 11) is 3.64. The molecule has 3 aromatic rings. The molecular formula is C28H30N2O4. The van der Waals surface area contributed by atoms with E-state index in [0.29, 0.717) is 23.9 Å². The Hall–Kier alpha value is -3.38. The van der Waals surface area contributed by atoms with Gasteiger partial charge in [-0.25, -0.2) is 0 Å². The quantitative estimate of drug-likeness (QED) is 0.401. The van der Waals surface area contributed by atoms with Crippen LogP contribution in [0.15, 0.2) is 54.7 Å². The summed E-state index contributed by atoms with van der Waals surface area (Å²) in [5.41, 5.74) is 5.46. The van der Waals surface area contributed by atoms with E-state index in [1.807, 2.05) is 0 Å². The highest BCUT2D eigenvalue weighted by Crippen LogP contribution is 2.42. The van der Waals surface area contributed by atoms with Crippen molar-refractivity contribution in [1.82, 2.24) is 9.47 Å². The molecule has 0 bridgehead atoms. The van der Waals surface area contributed by atoms with Crippen molar-refractivity contribution in [1.29, 1.82) is 0 Å². The van der Waals surface area contributed by atoms with Crippen LogP contribution in [0.25, 0.3) is 16.5 Å². The first-order valence-corrected chi connectivity index (χ1v) is 11.8. The summed E-state index contributed by atoms with van der Waals surface area (Å²) in [4.78, 5) is 27.7. The van der Waals surface area contributed by atoms with Crippen LogP contribution >= 0.6 is 0 Å². The highest BCUT2D eigenvalue weighted by Gasteiger charge is 2.36. The Bertz CT molecular complexity index is 1290. The minimum absolute atomic E-state index is 0.228. The molecule has 2 aliphatic rings. The van der Waals surface area contributed by atoms with Gasteiger partial charge in [-0.2, -0.15) is 0 Å². The topological polar surface area (TPSA) is 60.8 Å². The summed E-state index contributed by atoms with van der Waals surface area (Å²) in [6.07, 6.45) is 5.27. The molecule has 176 valence electrons. The number of carbonyl (C=O) groups is 2. The normalized spacial score (nSPS) is 19.6. The van der Waals surface area contributed by atoms with Crippen molar-refractivity contribution < 1.29 is 19.1 Å². The van der Waals surface area contributed by atoms with Crippen molar-refractivity contribution in [2.24, 2.45) is 5.92 Å². The molecule has 0 saturated heterocycles. The molecule has 6 nitrogen and oxygen atoms in total. The maximum Gasteiger partial charge on any atom is 0.314 e. The van der Waals surface area contributed by atoms with E-state index < -0.39 is 5.92 Å². The number of ketones is 1. The van der Waals surface area contributed by atoms with E-state index in [1.54, 1.807) is 31.4 Å². The molecule has 0 fully saturated rings. The van der Waals surface area contributed by atoms with Crippen LogP contribution in [0.3, 0.4) is 0 Å². The fourth-order valence-corrected chi connectivity index (χ4v) is 5.26. The minimum Gasteiger partial charge on any atom is -0.497 e. The van der Waals surface area contributed by atoms with Crippen molar-refractivity contribution in [2.75, 3.05) is 27.3 Å². The van der Waals surface area contributed by atoms with E-state index in [0.717, 1.165) is 6.42 Å². The van der Waals surface area contributed by atoms with Crippen LogP contribution in [-0.2, 0) is 16.0 Å². The van der Waals surface area contributed by atoms with Crippen LogP contribution in [0.4, 0.5) is 0 Å². The summed E-state index contributed by atoms with van der Waals surface area (Å²) in [5.74, 6) is -0.330. The van der Waals surface area contributed by atoms with E-state index >= 15 is 0 Å². The largest absolute Gasteiger partial charge is 0.497 e. The maximum absolute atomic E-state index is 13.0. The zero-order valence-corrected chi connectivity index (χ0v) is 20.1. The molecule has 0 amide bonds. The average Bonchev–Trinajstić information content (AvgIpc) is 3.23. The number of nitrogens with zero attached hydrogens (tertiary/aromatic N) is 2. The van der Waals surface area contributed by atoms with Crippen molar-refractivity contribution in [3.63, 3.8) is 0 Å². The minimum atomic E-state index is -0.413. The molecule has 2 heterocycles. The number of ether oxygens (including phenoxy) is 2. The predicted octanol–water partition coefficient (Wildman–Crippen LogP) is 4.53. The van der Waals surface area contributed by atoms with Gasteiger partial charge in [-0.15, -0.1) is 0 Å². The van der Waals surface area contributed by atoms with E-state index in [9.17, 15) is 9.59 Å². The van der Waals surface area contributed by atoms with Gasteiger partial charge in [0, 0.05) is 41.3 Å². The average molecular weight is 459 g/mol. The molecule has 0 N–H and O–H groups in total. The first-order valence-electron chi connectivity index (χ1n) is 11.8. The van der Waals surface area contributed by atoms with Crippen LogP contribution < -0.4 is 4.74 Å². The second-order valence-corrected chi connectivity index (χ2v) is 9.50. The van der Waals surface area contributed by atoms with Gasteiger partial charge < -0.3 is 14.0 Å². The summed E-state index contributed by atoms with van der Waals surface area (Å²) in [5, 5.41) is 1.29. The predicted molar refractivity (Wildman–Crippen MR) is 132 cm³/mol. The lowest BCUT2D eigenvalue weighted by Gasteiger charge is -2.39. The van der Waals surface area contributed by atoms with Gasteiger partial charge in [-0.1, -0.05) is 18.2 Å². The van der Waals surface area contributed by atoms with Gasteiger partial charge >= 0.3 is 5.97 Å². The van der Waals surface area contributed by atoms with Crippen molar-refractivity contribution >= 4 is 28.2 Å². The Kier molecular flexibility index (Phi) is 5.78. The Morgan fingerprint density at radius 1 is 1.12 bits per heavy atom. The third-order valence-corrected chi connectivity index (χ3v) is 7.03. The van der Waals surface area contributed by atoms with Gasteiger partial charge in [0.25, 0.3) is 0 Å². The molecule has 1 aromatic heterocycles. The molecular weight excluding hydrogens is 428 g/mol. The third-order valence-electron chi connectivity index (χ3n) is 7.03. The first-order chi connectivity index (χ1) is 16.4. The van der Waals surface area contributed by atoms with Crippen LogP contribution in [0.1, 0.15) is 41.4 Å². The fourth-order valence-electron chi connectivity index (χ4n) is 5.26. The summed E-state index contributed by atoms with van der Waals surface area (Å²) < 4.78 is 12.9. The molecule has 0 spiro atoms. The maximum atomic E-state index is 13.0. The Labute approximate surface area is 199 Å². The van der Waals surface area contributed by atoms with E-state index in [1.165, 1.54) is 27.6 Å². The fraction of sp³-hybridized carbons (Fsp3) is 0.357.